The Balaban J connectivity index is 2.13. The molecule has 152 valence electrons. The molecule has 0 radical (unpaired) electrons. The fourth-order valence-electron chi connectivity index (χ4n) is 3.12. The molecule has 1 aromatic heterocycles. The number of imidazole rings is 1. The van der Waals surface area contributed by atoms with Crippen molar-refractivity contribution in [1.82, 2.24) is 14.9 Å². The molecule has 0 aliphatic heterocycles. The SMILES string of the molecule is CCC(C)(C)NC(=O)c1cc(-c2ccc(Cl)cc2)cc(-n2ccnc2C(C)C)c1. The minimum Gasteiger partial charge on any atom is -0.347 e. The van der Waals surface area contributed by atoms with Gasteiger partial charge in [-0.2, -0.15) is 0 Å². The molecule has 0 spiro atoms. The van der Waals surface area contributed by atoms with Crippen molar-refractivity contribution in [3.63, 3.8) is 0 Å². The number of carbonyl (C=O) groups is 1. The summed E-state index contributed by atoms with van der Waals surface area (Å²) in [6.45, 7) is 10.3. The van der Waals surface area contributed by atoms with Crippen LogP contribution in [0.3, 0.4) is 0 Å². The van der Waals surface area contributed by atoms with Crippen LogP contribution in [-0.2, 0) is 0 Å². The van der Waals surface area contributed by atoms with Crippen molar-refractivity contribution in [3.05, 3.63) is 71.3 Å². The molecular weight excluding hydrogens is 382 g/mol. The summed E-state index contributed by atoms with van der Waals surface area (Å²) in [4.78, 5) is 17.5. The first kappa shape index (κ1) is 21.1. The Bertz CT molecular complexity index is 1000. The zero-order valence-corrected chi connectivity index (χ0v) is 18.4. The second kappa shape index (κ2) is 8.42. The Morgan fingerprint density at radius 1 is 1.14 bits per heavy atom. The highest BCUT2D eigenvalue weighted by molar-refractivity contribution is 6.30. The minimum absolute atomic E-state index is 0.0832. The molecule has 0 aliphatic rings. The summed E-state index contributed by atoms with van der Waals surface area (Å²) in [6.07, 6.45) is 4.58. The molecule has 1 N–H and O–H groups in total. The Morgan fingerprint density at radius 3 is 2.45 bits per heavy atom. The third-order valence-electron chi connectivity index (χ3n) is 5.16. The number of hydrogen-bond donors (Lipinski definition) is 1. The first-order valence-electron chi connectivity index (χ1n) is 9.97. The average Bonchev–Trinajstić information content (AvgIpc) is 3.18. The number of nitrogens with zero attached hydrogens (tertiary/aromatic N) is 2. The van der Waals surface area contributed by atoms with Crippen LogP contribution in [0.4, 0.5) is 0 Å². The summed E-state index contributed by atoms with van der Waals surface area (Å²) < 4.78 is 2.05. The van der Waals surface area contributed by atoms with E-state index in [0.717, 1.165) is 29.1 Å². The summed E-state index contributed by atoms with van der Waals surface area (Å²) in [5.41, 5.74) is 3.23. The molecular formula is C24H28ClN3O. The maximum atomic E-state index is 13.0. The molecule has 0 saturated carbocycles. The number of halogens is 1. The molecule has 0 unspecified atom stereocenters. The van der Waals surface area contributed by atoms with E-state index in [-0.39, 0.29) is 17.4 Å². The van der Waals surface area contributed by atoms with Gasteiger partial charge in [0.05, 0.1) is 0 Å². The molecule has 5 heteroatoms. The van der Waals surface area contributed by atoms with E-state index in [1.54, 1.807) is 6.20 Å². The van der Waals surface area contributed by atoms with Gasteiger partial charge in [-0.1, -0.05) is 44.5 Å². The van der Waals surface area contributed by atoms with Crippen LogP contribution < -0.4 is 5.32 Å². The van der Waals surface area contributed by atoms with Crippen LogP contribution in [0, 0.1) is 0 Å². The molecule has 0 saturated heterocycles. The fraction of sp³-hybridized carbons (Fsp3) is 0.333. The van der Waals surface area contributed by atoms with E-state index in [4.69, 9.17) is 11.6 Å². The van der Waals surface area contributed by atoms with Gasteiger partial charge in [0, 0.05) is 40.1 Å². The van der Waals surface area contributed by atoms with E-state index in [1.807, 2.05) is 61.0 Å². The first-order valence-corrected chi connectivity index (χ1v) is 10.3. The van der Waals surface area contributed by atoms with Crippen molar-refractivity contribution in [2.75, 3.05) is 0 Å². The third-order valence-corrected chi connectivity index (χ3v) is 5.41. The normalized spacial score (nSPS) is 11.7. The number of hydrogen-bond acceptors (Lipinski definition) is 2. The van der Waals surface area contributed by atoms with Crippen LogP contribution in [0.5, 0.6) is 0 Å². The molecule has 1 amide bonds. The monoisotopic (exact) mass is 409 g/mol. The number of benzene rings is 2. The van der Waals surface area contributed by atoms with Gasteiger partial charge in [-0.3, -0.25) is 4.79 Å². The van der Waals surface area contributed by atoms with E-state index < -0.39 is 0 Å². The smallest absolute Gasteiger partial charge is 0.251 e. The Morgan fingerprint density at radius 2 is 1.83 bits per heavy atom. The zero-order valence-electron chi connectivity index (χ0n) is 17.7. The fourth-order valence-corrected chi connectivity index (χ4v) is 3.24. The number of rotatable bonds is 6. The quantitative estimate of drug-likeness (QED) is 0.524. The third kappa shape index (κ3) is 4.88. The highest BCUT2D eigenvalue weighted by Crippen LogP contribution is 2.28. The number of amides is 1. The van der Waals surface area contributed by atoms with Gasteiger partial charge in [0.15, 0.2) is 0 Å². The topological polar surface area (TPSA) is 46.9 Å². The number of carbonyl (C=O) groups excluding carboxylic acids is 1. The van der Waals surface area contributed by atoms with E-state index in [0.29, 0.717) is 10.6 Å². The van der Waals surface area contributed by atoms with E-state index in [1.165, 1.54) is 0 Å². The van der Waals surface area contributed by atoms with E-state index >= 15 is 0 Å². The highest BCUT2D eigenvalue weighted by atomic mass is 35.5. The molecule has 0 aliphatic carbocycles. The van der Waals surface area contributed by atoms with Crippen molar-refractivity contribution < 1.29 is 4.79 Å². The lowest BCUT2D eigenvalue weighted by Crippen LogP contribution is -2.42. The minimum atomic E-state index is -0.272. The summed E-state index contributed by atoms with van der Waals surface area (Å²) in [7, 11) is 0. The lowest BCUT2D eigenvalue weighted by Gasteiger charge is -2.25. The van der Waals surface area contributed by atoms with Gasteiger partial charge >= 0.3 is 0 Å². The second-order valence-electron chi connectivity index (χ2n) is 8.28. The molecule has 3 aromatic rings. The summed E-state index contributed by atoms with van der Waals surface area (Å²) in [6, 6.07) is 13.6. The molecule has 29 heavy (non-hydrogen) atoms. The summed E-state index contributed by atoms with van der Waals surface area (Å²) in [5.74, 6) is 1.14. The second-order valence-corrected chi connectivity index (χ2v) is 8.71. The van der Waals surface area contributed by atoms with Gasteiger partial charge in [0.2, 0.25) is 0 Å². The molecule has 2 aromatic carbocycles. The van der Waals surface area contributed by atoms with Crippen molar-refractivity contribution in [2.45, 2.75) is 52.5 Å². The van der Waals surface area contributed by atoms with Crippen molar-refractivity contribution in [1.29, 1.82) is 0 Å². The van der Waals surface area contributed by atoms with Crippen molar-refractivity contribution in [2.24, 2.45) is 0 Å². The van der Waals surface area contributed by atoms with Crippen LogP contribution in [0.1, 0.15) is 63.1 Å². The van der Waals surface area contributed by atoms with Crippen molar-refractivity contribution in [3.8, 4) is 16.8 Å². The Kier molecular flexibility index (Phi) is 6.13. The van der Waals surface area contributed by atoms with Gasteiger partial charge in [-0.05, 0) is 61.7 Å². The maximum Gasteiger partial charge on any atom is 0.251 e. The number of nitrogens with one attached hydrogen (secondary N) is 1. The molecule has 0 atom stereocenters. The van der Waals surface area contributed by atoms with Gasteiger partial charge < -0.3 is 9.88 Å². The summed E-state index contributed by atoms with van der Waals surface area (Å²) >= 11 is 6.06. The highest BCUT2D eigenvalue weighted by Gasteiger charge is 2.20. The van der Waals surface area contributed by atoms with Crippen LogP contribution in [0.2, 0.25) is 5.02 Å². The first-order chi connectivity index (χ1) is 13.7. The zero-order chi connectivity index (χ0) is 21.2. The average molecular weight is 410 g/mol. The van der Waals surface area contributed by atoms with Gasteiger partial charge in [-0.15, -0.1) is 0 Å². The van der Waals surface area contributed by atoms with E-state index in [9.17, 15) is 4.79 Å². The van der Waals surface area contributed by atoms with Crippen LogP contribution in [-0.4, -0.2) is 21.0 Å². The molecule has 0 fully saturated rings. The molecule has 0 bridgehead atoms. The Labute approximate surface area is 177 Å². The van der Waals surface area contributed by atoms with Crippen molar-refractivity contribution >= 4 is 17.5 Å². The predicted molar refractivity (Wildman–Crippen MR) is 120 cm³/mol. The van der Waals surface area contributed by atoms with Crippen LogP contribution >= 0.6 is 11.6 Å². The molecule has 4 nitrogen and oxygen atoms in total. The largest absolute Gasteiger partial charge is 0.347 e. The maximum absolute atomic E-state index is 13.0. The van der Waals surface area contributed by atoms with Crippen LogP contribution in [0.15, 0.2) is 54.9 Å². The van der Waals surface area contributed by atoms with Gasteiger partial charge in [-0.25, -0.2) is 4.98 Å². The number of aromatic nitrogens is 2. The lowest BCUT2D eigenvalue weighted by molar-refractivity contribution is 0.0911. The Hall–Kier alpha value is -2.59. The summed E-state index contributed by atoms with van der Waals surface area (Å²) in [5, 5.41) is 3.82. The standard InChI is InChI=1S/C24H28ClN3O/c1-6-24(4,5)27-23(29)19-13-18(17-7-9-20(25)10-8-17)14-21(15-19)28-12-11-26-22(28)16(2)3/h7-16H,6H2,1-5H3,(H,27,29). The van der Waals surface area contributed by atoms with E-state index in [2.05, 4.69) is 37.1 Å². The molecule has 3 rings (SSSR count). The molecule has 1 heterocycles. The lowest BCUT2D eigenvalue weighted by atomic mass is 9.98. The van der Waals surface area contributed by atoms with Gasteiger partial charge in [0.25, 0.3) is 5.91 Å². The van der Waals surface area contributed by atoms with Crippen LogP contribution in [0.25, 0.3) is 16.8 Å². The predicted octanol–water partition coefficient (Wildman–Crippen LogP) is 6.23. The van der Waals surface area contributed by atoms with Gasteiger partial charge in [0.1, 0.15) is 5.82 Å².